The van der Waals surface area contributed by atoms with Gasteiger partial charge in [0.1, 0.15) is 0 Å². The van der Waals surface area contributed by atoms with E-state index in [1.54, 1.807) is 54.6 Å². The van der Waals surface area contributed by atoms with E-state index in [4.69, 9.17) is 0 Å². The van der Waals surface area contributed by atoms with Crippen molar-refractivity contribution in [3.8, 4) is 0 Å². The van der Waals surface area contributed by atoms with Crippen molar-refractivity contribution >= 4 is 19.7 Å². The zero-order chi connectivity index (χ0) is 22.1. The molecule has 0 spiro atoms. The van der Waals surface area contributed by atoms with Gasteiger partial charge < -0.3 is 0 Å². The topological polar surface area (TPSA) is 68.3 Å². The number of benzene rings is 2. The zero-order valence-corrected chi connectivity index (χ0v) is 19.1. The Kier molecular flexibility index (Phi) is 6.04. The predicted octanol–water partition coefficient (Wildman–Crippen LogP) is 5.33. The molecule has 1 atom stereocenters. The van der Waals surface area contributed by atoms with Crippen LogP contribution in [0.5, 0.6) is 0 Å². The summed E-state index contributed by atoms with van der Waals surface area (Å²) in [6, 6.07) is 15.0. The molecule has 2 aliphatic rings. The highest BCUT2D eigenvalue weighted by atomic mass is 32.2. The van der Waals surface area contributed by atoms with Crippen LogP contribution in [0.25, 0.3) is 0 Å². The molecule has 0 fully saturated rings. The minimum Gasteiger partial charge on any atom is -0.223 e. The number of sulfone groups is 2. The summed E-state index contributed by atoms with van der Waals surface area (Å²) in [5.41, 5.74) is 2.46. The summed E-state index contributed by atoms with van der Waals surface area (Å²) in [6.45, 7) is 1.90. The van der Waals surface area contributed by atoms with Crippen molar-refractivity contribution in [2.45, 2.75) is 54.1 Å². The summed E-state index contributed by atoms with van der Waals surface area (Å²) < 4.78 is 54.1. The van der Waals surface area contributed by atoms with Gasteiger partial charge in [-0.05, 0) is 68.0 Å². The fourth-order valence-electron chi connectivity index (χ4n) is 4.17. The molecule has 2 aromatic carbocycles. The second-order valence-corrected chi connectivity index (χ2v) is 12.3. The van der Waals surface area contributed by atoms with Gasteiger partial charge in [-0.1, -0.05) is 54.1 Å². The minimum atomic E-state index is -3.82. The Morgan fingerprint density at radius 3 is 2.23 bits per heavy atom. The molecule has 0 radical (unpaired) electrons. The Labute approximate surface area is 184 Å². The van der Waals surface area contributed by atoms with Crippen molar-refractivity contribution in [2.24, 2.45) is 0 Å². The van der Waals surface area contributed by atoms with Gasteiger partial charge in [-0.15, -0.1) is 0 Å². The molecule has 0 amide bonds. The van der Waals surface area contributed by atoms with Gasteiger partial charge in [0.15, 0.2) is 9.84 Å². The van der Waals surface area contributed by atoms with Crippen LogP contribution in [0.3, 0.4) is 0 Å². The number of hydrogen-bond acceptors (Lipinski definition) is 4. The zero-order valence-electron chi connectivity index (χ0n) is 17.5. The Morgan fingerprint density at radius 2 is 1.52 bits per heavy atom. The number of hydrogen-bond donors (Lipinski definition) is 0. The molecule has 1 unspecified atom stereocenters. The van der Waals surface area contributed by atoms with Crippen LogP contribution in [0.4, 0.5) is 0 Å². The molecule has 0 aromatic heterocycles. The highest BCUT2D eigenvalue weighted by Crippen LogP contribution is 2.41. The van der Waals surface area contributed by atoms with E-state index in [9.17, 15) is 16.8 Å². The molecule has 2 aromatic rings. The Hall–Kier alpha value is -2.44. The highest BCUT2D eigenvalue weighted by molar-refractivity contribution is 7.95. The van der Waals surface area contributed by atoms with E-state index in [0.717, 1.165) is 30.4 Å². The summed E-state index contributed by atoms with van der Waals surface area (Å²) >= 11 is 0. The van der Waals surface area contributed by atoms with Gasteiger partial charge in [0.05, 0.1) is 19.9 Å². The van der Waals surface area contributed by atoms with Gasteiger partial charge in [0.2, 0.25) is 9.84 Å². The summed E-state index contributed by atoms with van der Waals surface area (Å²) in [5.74, 6) is 0. The van der Waals surface area contributed by atoms with E-state index in [1.165, 1.54) is 0 Å². The van der Waals surface area contributed by atoms with Crippen molar-refractivity contribution in [2.75, 3.05) is 0 Å². The van der Waals surface area contributed by atoms with Gasteiger partial charge in [-0.3, -0.25) is 0 Å². The summed E-state index contributed by atoms with van der Waals surface area (Å²) in [4.78, 5) is 0.640. The quantitative estimate of drug-likeness (QED) is 0.627. The fraction of sp³-hybridized carbons (Fsp3) is 0.280. The van der Waals surface area contributed by atoms with E-state index in [1.807, 2.05) is 25.2 Å². The van der Waals surface area contributed by atoms with Crippen LogP contribution >= 0.6 is 0 Å². The van der Waals surface area contributed by atoms with Gasteiger partial charge in [0, 0.05) is 6.42 Å². The van der Waals surface area contributed by atoms with Crippen LogP contribution in [0, 0.1) is 6.92 Å². The highest BCUT2D eigenvalue weighted by Gasteiger charge is 2.38. The summed E-state index contributed by atoms with van der Waals surface area (Å²) in [5, 5.41) is -0.813. The SMILES string of the molecule is Cc1ccc(S(=O)(=O)C2CC(S(=O)(=O)c3ccccc3)=C3/C=C\CCC/C=C\3C2)cc1. The molecule has 4 nitrogen and oxygen atoms in total. The number of fused-ring (bicyclic) bond motifs is 1. The second kappa shape index (κ2) is 8.60. The molecule has 0 saturated heterocycles. The van der Waals surface area contributed by atoms with Crippen molar-refractivity contribution in [3.63, 3.8) is 0 Å². The van der Waals surface area contributed by atoms with E-state index in [0.29, 0.717) is 12.0 Å². The van der Waals surface area contributed by atoms with Crippen LogP contribution in [0.2, 0.25) is 0 Å². The molecule has 0 aliphatic heterocycles. The number of aryl methyl sites for hydroxylation is 1. The lowest BCUT2D eigenvalue weighted by Gasteiger charge is -2.29. The van der Waals surface area contributed by atoms with Gasteiger partial charge in [0.25, 0.3) is 0 Å². The van der Waals surface area contributed by atoms with E-state index in [2.05, 4.69) is 0 Å². The molecular formula is C25H26O4S2. The van der Waals surface area contributed by atoms with Gasteiger partial charge >= 0.3 is 0 Å². The van der Waals surface area contributed by atoms with E-state index >= 15 is 0 Å². The summed E-state index contributed by atoms with van der Waals surface area (Å²) in [7, 11) is -7.51. The Morgan fingerprint density at radius 1 is 0.806 bits per heavy atom. The number of rotatable bonds is 4. The molecule has 2 aliphatic carbocycles. The first-order chi connectivity index (χ1) is 14.8. The molecular weight excluding hydrogens is 428 g/mol. The third-order valence-electron chi connectivity index (χ3n) is 5.92. The maximum atomic E-state index is 13.6. The maximum Gasteiger partial charge on any atom is 0.203 e. The largest absolute Gasteiger partial charge is 0.223 e. The fourth-order valence-corrected chi connectivity index (χ4v) is 7.67. The third-order valence-corrected chi connectivity index (χ3v) is 9.99. The molecule has 0 N–H and O–H groups in total. The van der Waals surface area contributed by atoms with Crippen LogP contribution in [-0.2, 0) is 19.7 Å². The van der Waals surface area contributed by atoms with Crippen molar-refractivity contribution in [1.29, 1.82) is 0 Å². The van der Waals surface area contributed by atoms with Crippen LogP contribution < -0.4 is 0 Å². The Bertz CT molecular complexity index is 1260. The monoisotopic (exact) mass is 454 g/mol. The van der Waals surface area contributed by atoms with Crippen molar-refractivity contribution in [1.82, 2.24) is 0 Å². The predicted molar refractivity (Wildman–Crippen MR) is 123 cm³/mol. The second-order valence-electron chi connectivity index (χ2n) is 8.10. The van der Waals surface area contributed by atoms with Crippen molar-refractivity contribution in [3.05, 3.63) is 94.4 Å². The average Bonchev–Trinajstić information content (AvgIpc) is 2.74. The number of allylic oxidation sites excluding steroid dienone is 6. The first kappa shape index (κ1) is 21.8. The van der Waals surface area contributed by atoms with Crippen LogP contribution in [0.15, 0.2) is 98.7 Å². The summed E-state index contributed by atoms with van der Waals surface area (Å²) in [6.07, 6.45) is 8.83. The van der Waals surface area contributed by atoms with E-state index in [-0.39, 0.29) is 21.1 Å². The lowest BCUT2D eigenvalue weighted by molar-refractivity contribution is 0.571. The molecule has 0 saturated carbocycles. The molecule has 31 heavy (non-hydrogen) atoms. The first-order valence-corrected chi connectivity index (χ1v) is 13.5. The molecule has 0 heterocycles. The maximum absolute atomic E-state index is 13.6. The van der Waals surface area contributed by atoms with Gasteiger partial charge in [-0.2, -0.15) is 0 Å². The molecule has 4 rings (SSSR count). The first-order valence-electron chi connectivity index (χ1n) is 10.5. The minimum absolute atomic E-state index is 0.0234. The lowest BCUT2D eigenvalue weighted by Crippen LogP contribution is -2.29. The molecule has 0 bridgehead atoms. The third kappa shape index (κ3) is 4.32. The molecule has 162 valence electrons. The van der Waals surface area contributed by atoms with E-state index < -0.39 is 24.9 Å². The smallest absolute Gasteiger partial charge is 0.203 e. The standard InChI is InChI=1S/C25H26O4S2/c1-19-13-15-22(16-14-19)30(26,27)23-17-20-9-5-2-3-8-12-24(20)25(18-23)31(28,29)21-10-6-4-7-11-21/h4,6-16,23H,2-3,5,17-18H2,1H3/b12-8-,20-9-. The molecule has 6 heteroatoms. The lowest BCUT2D eigenvalue weighted by atomic mass is 9.90. The van der Waals surface area contributed by atoms with Crippen LogP contribution in [0.1, 0.15) is 37.7 Å². The van der Waals surface area contributed by atoms with Gasteiger partial charge in [-0.25, -0.2) is 16.8 Å². The van der Waals surface area contributed by atoms with Crippen LogP contribution in [-0.4, -0.2) is 22.1 Å². The van der Waals surface area contributed by atoms with Crippen molar-refractivity contribution < 1.29 is 16.8 Å². The average molecular weight is 455 g/mol. The Balaban J connectivity index is 1.86. The normalized spacial score (nSPS) is 22.6.